The molecule has 0 spiro atoms. The van der Waals surface area contributed by atoms with Crippen LogP contribution in [0.25, 0.3) is 0 Å². The molecule has 1 saturated heterocycles. The van der Waals surface area contributed by atoms with E-state index in [1.165, 1.54) is 0 Å². The number of carboxylic acids is 1. The molecule has 2 atom stereocenters. The van der Waals surface area contributed by atoms with Crippen molar-refractivity contribution in [3.05, 3.63) is 0 Å². The van der Waals surface area contributed by atoms with Crippen LogP contribution in [0, 0.1) is 5.41 Å². The summed E-state index contributed by atoms with van der Waals surface area (Å²) in [7, 11) is 0. The number of piperidine rings is 1. The molecule has 1 aliphatic heterocycles. The second-order valence-electron chi connectivity index (χ2n) is 5.51. The third-order valence-electron chi connectivity index (χ3n) is 4.47. The van der Waals surface area contributed by atoms with E-state index in [0.29, 0.717) is 0 Å². The number of rotatable bonds is 2. The van der Waals surface area contributed by atoms with E-state index < -0.39 is 5.97 Å². The van der Waals surface area contributed by atoms with Crippen molar-refractivity contribution in [2.24, 2.45) is 5.41 Å². The van der Waals surface area contributed by atoms with Crippen LogP contribution in [-0.2, 0) is 9.59 Å². The van der Waals surface area contributed by atoms with Crippen LogP contribution in [0.2, 0.25) is 0 Å². The minimum Gasteiger partial charge on any atom is -0.481 e. The Morgan fingerprint density at radius 2 is 2.00 bits per heavy atom. The van der Waals surface area contributed by atoms with Crippen LogP contribution in [0.1, 0.15) is 51.9 Å². The van der Waals surface area contributed by atoms with E-state index in [9.17, 15) is 9.59 Å². The van der Waals surface area contributed by atoms with Gasteiger partial charge in [-0.25, -0.2) is 0 Å². The smallest absolute Gasteiger partial charge is 0.303 e. The molecule has 0 aromatic carbocycles. The van der Waals surface area contributed by atoms with Gasteiger partial charge in [-0.1, -0.05) is 12.8 Å². The van der Waals surface area contributed by atoms with Gasteiger partial charge in [0.2, 0.25) is 5.91 Å². The standard InChI is InChI=1S/C13H21NO3/c1-10(15)14-8-4-7-13(9-12(16)17)6-3-2-5-11(13)14/h11H,2-9H2,1H3,(H,16,17)/t11-,13+/m0/s1. The van der Waals surface area contributed by atoms with Crippen molar-refractivity contribution < 1.29 is 14.7 Å². The Morgan fingerprint density at radius 3 is 2.65 bits per heavy atom. The second-order valence-corrected chi connectivity index (χ2v) is 5.51. The van der Waals surface area contributed by atoms with Gasteiger partial charge < -0.3 is 10.0 Å². The van der Waals surface area contributed by atoms with Gasteiger partial charge in [-0.2, -0.15) is 0 Å². The van der Waals surface area contributed by atoms with Crippen molar-refractivity contribution in [2.75, 3.05) is 6.54 Å². The van der Waals surface area contributed by atoms with Crippen LogP contribution < -0.4 is 0 Å². The molecule has 0 aromatic rings. The molecule has 4 heteroatoms. The molecule has 2 aliphatic rings. The number of carboxylic acid groups (broad SMARTS) is 1. The molecule has 1 heterocycles. The fourth-order valence-corrected chi connectivity index (χ4v) is 3.80. The van der Waals surface area contributed by atoms with Gasteiger partial charge in [-0.05, 0) is 25.7 Å². The first-order valence-electron chi connectivity index (χ1n) is 6.54. The van der Waals surface area contributed by atoms with Gasteiger partial charge in [0, 0.05) is 24.9 Å². The first-order chi connectivity index (χ1) is 8.05. The summed E-state index contributed by atoms with van der Waals surface area (Å²) in [4.78, 5) is 24.7. The summed E-state index contributed by atoms with van der Waals surface area (Å²) >= 11 is 0. The first-order valence-corrected chi connectivity index (χ1v) is 6.54. The summed E-state index contributed by atoms with van der Waals surface area (Å²) in [6, 6.07) is 0.165. The Morgan fingerprint density at radius 1 is 1.29 bits per heavy atom. The fourth-order valence-electron chi connectivity index (χ4n) is 3.80. The molecule has 96 valence electrons. The lowest BCUT2D eigenvalue weighted by Gasteiger charge is -2.52. The van der Waals surface area contributed by atoms with Gasteiger partial charge in [0.05, 0.1) is 6.42 Å². The topological polar surface area (TPSA) is 57.6 Å². The maximum absolute atomic E-state index is 11.7. The minimum atomic E-state index is -0.720. The average Bonchev–Trinajstić information content (AvgIpc) is 2.26. The number of fused-ring (bicyclic) bond motifs is 1. The number of hydrogen-bond acceptors (Lipinski definition) is 2. The lowest BCUT2D eigenvalue weighted by Crippen LogP contribution is -2.56. The number of aliphatic carboxylic acids is 1. The van der Waals surface area contributed by atoms with Crippen LogP contribution in [0.4, 0.5) is 0 Å². The number of amides is 1. The highest BCUT2D eigenvalue weighted by atomic mass is 16.4. The number of carbonyl (C=O) groups excluding carboxylic acids is 1. The zero-order valence-electron chi connectivity index (χ0n) is 10.4. The highest BCUT2D eigenvalue weighted by Gasteiger charge is 2.47. The summed E-state index contributed by atoms with van der Waals surface area (Å²) in [6.45, 7) is 2.41. The van der Waals surface area contributed by atoms with E-state index >= 15 is 0 Å². The van der Waals surface area contributed by atoms with E-state index in [2.05, 4.69) is 0 Å². The Kier molecular flexibility index (Phi) is 3.40. The number of hydrogen-bond donors (Lipinski definition) is 1. The van der Waals surface area contributed by atoms with E-state index in [0.717, 1.165) is 45.1 Å². The molecule has 0 bridgehead atoms. The van der Waals surface area contributed by atoms with Crippen LogP contribution >= 0.6 is 0 Å². The van der Waals surface area contributed by atoms with Crippen molar-refractivity contribution in [3.8, 4) is 0 Å². The molecule has 1 saturated carbocycles. The van der Waals surface area contributed by atoms with E-state index in [1.807, 2.05) is 4.90 Å². The molecule has 0 unspecified atom stereocenters. The zero-order valence-corrected chi connectivity index (χ0v) is 10.4. The molecule has 1 N–H and O–H groups in total. The maximum Gasteiger partial charge on any atom is 0.303 e. The molecule has 1 aliphatic carbocycles. The minimum absolute atomic E-state index is 0.103. The van der Waals surface area contributed by atoms with Gasteiger partial charge in [-0.3, -0.25) is 9.59 Å². The summed E-state index contributed by atoms with van der Waals surface area (Å²) in [5.41, 5.74) is -0.145. The quantitative estimate of drug-likeness (QED) is 0.802. The van der Waals surface area contributed by atoms with Crippen LogP contribution in [0.5, 0.6) is 0 Å². The lowest BCUT2D eigenvalue weighted by molar-refractivity contribution is -0.150. The molecule has 0 aromatic heterocycles. The Hall–Kier alpha value is -1.06. The maximum atomic E-state index is 11.7. The molecular formula is C13H21NO3. The summed E-state index contributed by atoms with van der Waals surface area (Å²) in [5, 5.41) is 9.12. The third-order valence-corrected chi connectivity index (χ3v) is 4.47. The van der Waals surface area contributed by atoms with Gasteiger partial charge in [0.1, 0.15) is 0 Å². The molecule has 0 radical (unpaired) electrons. The molecule has 2 rings (SSSR count). The second kappa shape index (κ2) is 4.67. The number of likely N-dealkylation sites (tertiary alicyclic amines) is 1. The normalized spacial score (nSPS) is 33.0. The number of carbonyl (C=O) groups is 2. The van der Waals surface area contributed by atoms with Gasteiger partial charge in [0.15, 0.2) is 0 Å². The fraction of sp³-hybridized carbons (Fsp3) is 0.846. The summed E-state index contributed by atoms with van der Waals surface area (Å²) in [6.07, 6.45) is 6.31. The van der Waals surface area contributed by atoms with Crippen molar-refractivity contribution in [1.29, 1.82) is 0 Å². The van der Waals surface area contributed by atoms with E-state index in [4.69, 9.17) is 5.11 Å². The van der Waals surface area contributed by atoms with Crippen molar-refractivity contribution in [2.45, 2.75) is 57.9 Å². The molecule has 17 heavy (non-hydrogen) atoms. The van der Waals surface area contributed by atoms with Crippen molar-refractivity contribution in [1.82, 2.24) is 4.90 Å². The SMILES string of the molecule is CC(=O)N1CCC[C@@]2(CC(=O)O)CCCC[C@H]12. The molecule has 4 nitrogen and oxygen atoms in total. The van der Waals surface area contributed by atoms with Gasteiger partial charge >= 0.3 is 5.97 Å². The summed E-state index contributed by atoms with van der Waals surface area (Å²) in [5.74, 6) is -0.617. The van der Waals surface area contributed by atoms with E-state index in [1.54, 1.807) is 6.92 Å². The van der Waals surface area contributed by atoms with Crippen LogP contribution in [-0.4, -0.2) is 34.5 Å². The van der Waals surface area contributed by atoms with Gasteiger partial charge in [0.25, 0.3) is 0 Å². The Bertz CT molecular complexity index is 325. The van der Waals surface area contributed by atoms with Gasteiger partial charge in [-0.15, -0.1) is 0 Å². The zero-order chi connectivity index (χ0) is 12.5. The average molecular weight is 239 g/mol. The highest BCUT2D eigenvalue weighted by Crippen LogP contribution is 2.48. The predicted octanol–water partition coefficient (Wildman–Crippen LogP) is 2.03. The highest BCUT2D eigenvalue weighted by molar-refractivity contribution is 5.74. The third kappa shape index (κ3) is 2.31. The van der Waals surface area contributed by atoms with E-state index in [-0.39, 0.29) is 23.8 Å². The Labute approximate surface area is 102 Å². The number of nitrogens with zero attached hydrogens (tertiary/aromatic N) is 1. The molecular weight excluding hydrogens is 218 g/mol. The van der Waals surface area contributed by atoms with Crippen LogP contribution in [0.3, 0.4) is 0 Å². The van der Waals surface area contributed by atoms with Crippen molar-refractivity contribution in [3.63, 3.8) is 0 Å². The predicted molar refractivity (Wildman–Crippen MR) is 63.6 cm³/mol. The molecule has 2 fully saturated rings. The molecule has 1 amide bonds. The summed E-state index contributed by atoms with van der Waals surface area (Å²) < 4.78 is 0. The monoisotopic (exact) mass is 239 g/mol. The van der Waals surface area contributed by atoms with Crippen molar-refractivity contribution >= 4 is 11.9 Å². The lowest BCUT2D eigenvalue weighted by atomic mass is 9.63. The largest absolute Gasteiger partial charge is 0.481 e. The van der Waals surface area contributed by atoms with Crippen LogP contribution in [0.15, 0.2) is 0 Å². The first kappa shape index (κ1) is 12.4. The Balaban J connectivity index is 2.24.